The highest BCUT2D eigenvalue weighted by atomic mass is 32.2. The van der Waals surface area contributed by atoms with Gasteiger partial charge in [0.15, 0.2) is 0 Å². The first-order valence-electron chi connectivity index (χ1n) is 6.09. The Hall–Kier alpha value is -2.32. The Kier molecular flexibility index (Phi) is 4.01. The highest BCUT2D eigenvalue weighted by Gasteiger charge is 2.23. The van der Waals surface area contributed by atoms with Crippen molar-refractivity contribution < 1.29 is 13.2 Å². The molecule has 0 atom stereocenters. The Morgan fingerprint density at radius 3 is 2.43 bits per heavy atom. The van der Waals surface area contributed by atoms with E-state index in [0.717, 1.165) is 5.39 Å². The van der Waals surface area contributed by atoms with Gasteiger partial charge >= 0.3 is 6.03 Å². The van der Waals surface area contributed by atoms with Crippen molar-refractivity contribution in [3.05, 3.63) is 36.4 Å². The zero-order valence-electron chi connectivity index (χ0n) is 11.6. The molecule has 0 saturated heterocycles. The van der Waals surface area contributed by atoms with Crippen molar-refractivity contribution in [2.24, 2.45) is 5.73 Å². The first kappa shape index (κ1) is 15.1. The third-order valence-corrected chi connectivity index (χ3v) is 4.26. The second-order valence-corrected chi connectivity index (χ2v) is 6.24. The summed E-state index contributed by atoms with van der Waals surface area (Å²) in [6, 6.07) is 9.67. The maximum absolute atomic E-state index is 12.5. The number of primary amides is 1. The summed E-state index contributed by atoms with van der Waals surface area (Å²) >= 11 is 0. The highest BCUT2D eigenvalue weighted by Crippen LogP contribution is 2.31. The normalized spacial score (nSPS) is 11.3. The second-order valence-electron chi connectivity index (χ2n) is 4.62. The summed E-state index contributed by atoms with van der Waals surface area (Å²) in [4.78, 5) is 14.5. The van der Waals surface area contributed by atoms with Crippen molar-refractivity contribution in [1.82, 2.24) is 10.3 Å². The van der Waals surface area contributed by atoms with Gasteiger partial charge in [-0.1, -0.05) is 30.3 Å². The van der Waals surface area contributed by atoms with Crippen molar-refractivity contribution >= 4 is 32.5 Å². The van der Waals surface area contributed by atoms with Crippen molar-refractivity contribution in [3.8, 4) is 0 Å². The molecule has 0 bridgehead atoms. The average Bonchev–Trinajstić information content (AvgIpc) is 2.43. The van der Waals surface area contributed by atoms with Crippen LogP contribution >= 0.6 is 0 Å². The summed E-state index contributed by atoms with van der Waals surface area (Å²) in [5.74, 6) is 0. The molecule has 0 fully saturated rings. The zero-order valence-corrected chi connectivity index (χ0v) is 12.4. The van der Waals surface area contributed by atoms with Gasteiger partial charge in [-0.3, -0.25) is 5.43 Å². The number of rotatable bonds is 4. The molecule has 8 heteroatoms. The average molecular weight is 308 g/mol. The van der Waals surface area contributed by atoms with Crippen LogP contribution in [0.3, 0.4) is 0 Å². The number of carbonyl (C=O) groups is 1. The molecule has 2 aromatic rings. The number of fused-ring (bicyclic) bond motifs is 1. The Balaban J connectivity index is 2.69. The fourth-order valence-corrected chi connectivity index (χ4v) is 3.37. The van der Waals surface area contributed by atoms with E-state index in [4.69, 9.17) is 5.73 Å². The zero-order chi connectivity index (χ0) is 15.6. The summed E-state index contributed by atoms with van der Waals surface area (Å²) in [7, 11) is -0.480. The number of benzene rings is 2. The van der Waals surface area contributed by atoms with Crippen molar-refractivity contribution in [2.75, 3.05) is 19.0 Å². The smallest absolute Gasteiger partial charge is 0.327 e. The molecule has 0 aromatic heterocycles. The molecule has 0 aliphatic heterocycles. The number of hydrogen-bond acceptors (Lipinski definition) is 4. The number of nitrogens with zero attached hydrogens (tertiary/aromatic N) is 1. The Labute approximate surface area is 122 Å². The number of nitrogens with one attached hydrogen (secondary N) is 2. The number of urea groups is 1. The van der Waals surface area contributed by atoms with Gasteiger partial charge in [0, 0.05) is 19.5 Å². The van der Waals surface area contributed by atoms with Crippen LogP contribution in [0.1, 0.15) is 0 Å². The number of anilines is 1. The molecule has 0 aliphatic rings. The monoisotopic (exact) mass is 308 g/mol. The molecular formula is C13H16N4O3S. The van der Waals surface area contributed by atoms with E-state index < -0.39 is 16.1 Å². The van der Waals surface area contributed by atoms with Crippen LogP contribution in [0.4, 0.5) is 10.5 Å². The second kappa shape index (κ2) is 5.58. The van der Waals surface area contributed by atoms with E-state index in [0.29, 0.717) is 11.1 Å². The Morgan fingerprint density at radius 1 is 1.14 bits per heavy atom. The summed E-state index contributed by atoms with van der Waals surface area (Å²) < 4.78 is 24.9. The van der Waals surface area contributed by atoms with Gasteiger partial charge in [0.25, 0.3) is 10.0 Å². The first-order chi connectivity index (χ1) is 9.83. The minimum absolute atomic E-state index is 0.0827. The fraction of sp³-hybridized carbons (Fsp3) is 0.154. The largest absolute Gasteiger partial charge is 0.377 e. The van der Waals surface area contributed by atoms with Crippen LogP contribution in [0.5, 0.6) is 0 Å². The van der Waals surface area contributed by atoms with Crippen LogP contribution in [-0.2, 0) is 10.0 Å². The molecule has 0 spiro atoms. The van der Waals surface area contributed by atoms with Crippen LogP contribution in [0.15, 0.2) is 41.3 Å². The SMILES string of the molecule is CN(C)c1ccc2ccccc2c1S(=O)(=O)NNC(N)=O. The topological polar surface area (TPSA) is 105 Å². The quantitative estimate of drug-likeness (QED) is 0.725. The lowest BCUT2D eigenvalue weighted by molar-refractivity contribution is 0.247. The van der Waals surface area contributed by atoms with E-state index in [9.17, 15) is 13.2 Å². The number of carbonyl (C=O) groups excluding carboxylic acids is 1. The molecule has 7 nitrogen and oxygen atoms in total. The maximum Gasteiger partial charge on any atom is 0.327 e. The summed E-state index contributed by atoms with van der Waals surface area (Å²) in [5, 5.41) is 1.34. The maximum atomic E-state index is 12.5. The molecule has 4 N–H and O–H groups in total. The molecule has 0 unspecified atom stereocenters. The first-order valence-corrected chi connectivity index (χ1v) is 7.57. The third kappa shape index (κ3) is 3.06. The predicted molar refractivity (Wildman–Crippen MR) is 81.3 cm³/mol. The van der Waals surface area contributed by atoms with E-state index in [1.807, 2.05) is 28.5 Å². The molecule has 0 aliphatic carbocycles. The van der Waals surface area contributed by atoms with Crippen molar-refractivity contribution in [1.29, 1.82) is 0 Å². The standard InChI is InChI=1S/C13H16N4O3S/c1-17(2)11-8-7-9-5-3-4-6-10(9)12(11)21(19,20)16-15-13(14)18/h3-8,16H,1-2H3,(H3,14,15,18). The number of nitrogens with two attached hydrogens (primary N) is 1. The predicted octanol–water partition coefficient (Wildman–Crippen LogP) is 0.767. The van der Waals surface area contributed by atoms with E-state index in [1.54, 1.807) is 37.2 Å². The van der Waals surface area contributed by atoms with E-state index in [1.165, 1.54) is 0 Å². The number of hydrogen-bond donors (Lipinski definition) is 3. The van der Waals surface area contributed by atoms with E-state index in [-0.39, 0.29) is 4.90 Å². The van der Waals surface area contributed by atoms with Crippen LogP contribution in [0.2, 0.25) is 0 Å². The van der Waals surface area contributed by atoms with Gasteiger partial charge in [-0.2, -0.15) is 0 Å². The fourth-order valence-electron chi connectivity index (χ4n) is 2.03. The summed E-state index contributed by atoms with van der Waals surface area (Å²) in [6.45, 7) is 0. The van der Waals surface area contributed by atoms with Gasteiger partial charge in [-0.25, -0.2) is 13.2 Å². The molecular weight excluding hydrogens is 292 g/mol. The number of sulfonamides is 1. The van der Waals surface area contributed by atoms with Gasteiger partial charge < -0.3 is 10.6 Å². The summed E-state index contributed by atoms with van der Waals surface area (Å²) in [5.41, 5.74) is 7.31. The van der Waals surface area contributed by atoms with Gasteiger partial charge in [-0.05, 0) is 11.5 Å². The molecule has 2 aromatic carbocycles. The van der Waals surface area contributed by atoms with Gasteiger partial charge in [0.2, 0.25) is 0 Å². The van der Waals surface area contributed by atoms with Crippen LogP contribution < -0.4 is 20.9 Å². The van der Waals surface area contributed by atoms with Crippen LogP contribution in [0, 0.1) is 0 Å². The van der Waals surface area contributed by atoms with Gasteiger partial charge in [0.05, 0.1) is 5.69 Å². The molecule has 0 heterocycles. The van der Waals surface area contributed by atoms with Crippen molar-refractivity contribution in [2.45, 2.75) is 4.90 Å². The number of amides is 2. The van der Waals surface area contributed by atoms with Crippen LogP contribution in [-0.4, -0.2) is 28.5 Å². The molecule has 0 radical (unpaired) electrons. The lowest BCUT2D eigenvalue weighted by atomic mass is 10.1. The van der Waals surface area contributed by atoms with Crippen LogP contribution in [0.25, 0.3) is 10.8 Å². The lowest BCUT2D eigenvalue weighted by Gasteiger charge is -2.19. The van der Waals surface area contributed by atoms with Crippen molar-refractivity contribution in [3.63, 3.8) is 0 Å². The Morgan fingerprint density at radius 2 is 1.81 bits per heavy atom. The van der Waals surface area contributed by atoms with E-state index >= 15 is 0 Å². The third-order valence-electron chi connectivity index (χ3n) is 2.92. The highest BCUT2D eigenvalue weighted by molar-refractivity contribution is 7.89. The number of hydrazine groups is 1. The molecule has 2 rings (SSSR count). The van der Waals surface area contributed by atoms with Gasteiger partial charge in [0.1, 0.15) is 4.90 Å². The Bertz CT molecular complexity index is 787. The molecule has 21 heavy (non-hydrogen) atoms. The minimum atomic E-state index is -3.96. The molecule has 2 amide bonds. The molecule has 0 saturated carbocycles. The minimum Gasteiger partial charge on any atom is -0.377 e. The molecule has 112 valence electrons. The van der Waals surface area contributed by atoms with Gasteiger partial charge in [-0.15, -0.1) is 4.83 Å². The van der Waals surface area contributed by atoms with E-state index in [2.05, 4.69) is 0 Å². The summed E-state index contributed by atoms with van der Waals surface area (Å²) in [6.07, 6.45) is 0. The lowest BCUT2D eigenvalue weighted by Crippen LogP contribution is -2.44.